The van der Waals surface area contributed by atoms with E-state index in [4.69, 9.17) is 5.73 Å². The van der Waals surface area contributed by atoms with Gasteiger partial charge in [-0.05, 0) is 24.5 Å². The molecule has 7 nitrogen and oxygen atoms in total. The standard InChI is InChI=1S/C13H15N7S/c1-8(12-18-16-7-20(12)2)17-13-10(11(14)19-21-13)9-4-3-5-15-6-9/h3-8,17H,1-2H3,(H2,14,19). The number of aryl methyl sites for hydroxylation is 1. The molecule has 0 bridgehead atoms. The van der Waals surface area contributed by atoms with E-state index in [2.05, 4.69) is 24.9 Å². The molecule has 3 aromatic rings. The molecule has 3 heterocycles. The highest BCUT2D eigenvalue weighted by molar-refractivity contribution is 7.11. The molecule has 3 rings (SSSR count). The van der Waals surface area contributed by atoms with Crippen molar-refractivity contribution in [3.05, 3.63) is 36.7 Å². The Hall–Kier alpha value is -2.48. The Labute approximate surface area is 126 Å². The van der Waals surface area contributed by atoms with E-state index >= 15 is 0 Å². The molecule has 0 aliphatic rings. The van der Waals surface area contributed by atoms with E-state index in [1.54, 1.807) is 18.7 Å². The maximum atomic E-state index is 6.00. The molecule has 0 aliphatic heterocycles. The van der Waals surface area contributed by atoms with Gasteiger partial charge in [-0.1, -0.05) is 6.07 Å². The number of anilines is 2. The number of nitrogens with two attached hydrogens (primary N) is 1. The maximum absolute atomic E-state index is 6.00. The van der Waals surface area contributed by atoms with E-state index < -0.39 is 0 Å². The molecular weight excluding hydrogens is 286 g/mol. The third-order valence-electron chi connectivity index (χ3n) is 3.15. The summed E-state index contributed by atoms with van der Waals surface area (Å²) < 4.78 is 6.12. The van der Waals surface area contributed by atoms with Crippen molar-refractivity contribution in [2.45, 2.75) is 13.0 Å². The number of aromatic nitrogens is 5. The summed E-state index contributed by atoms with van der Waals surface area (Å²) in [5, 5.41) is 12.3. The van der Waals surface area contributed by atoms with E-state index in [0.717, 1.165) is 22.0 Å². The molecule has 108 valence electrons. The van der Waals surface area contributed by atoms with Crippen LogP contribution < -0.4 is 11.1 Å². The van der Waals surface area contributed by atoms with E-state index in [9.17, 15) is 0 Å². The fourth-order valence-corrected chi connectivity index (χ4v) is 2.96. The smallest absolute Gasteiger partial charge is 0.154 e. The summed E-state index contributed by atoms with van der Waals surface area (Å²) in [7, 11) is 1.91. The fraction of sp³-hybridized carbons (Fsp3) is 0.231. The van der Waals surface area contributed by atoms with Crippen LogP contribution in [0.2, 0.25) is 0 Å². The minimum atomic E-state index is -0.00669. The van der Waals surface area contributed by atoms with Gasteiger partial charge in [-0.2, -0.15) is 4.37 Å². The van der Waals surface area contributed by atoms with Gasteiger partial charge < -0.3 is 15.6 Å². The van der Waals surface area contributed by atoms with Crippen LogP contribution >= 0.6 is 11.5 Å². The van der Waals surface area contributed by atoms with Gasteiger partial charge in [0, 0.05) is 25.0 Å². The third kappa shape index (κ3) is 2.57. The Balaban J connectivity index is 1.92. The Kier molecular flexibility index (Phi) is 3.53. The van der Waals surface area contributed by atoms with Crippen LogP contribution in [-0.4, -0.2) is 24.1 Å². The van der Waals surface area contributed by atoms with Gasteiger partial charge in [-0.15, -0.1) is 10.2 Å². The van der Waals surface area contributed by atoms with E-state index in [1.165, 1.54) is 11.5 Å². The lowest BCUT2D eigenvalue weighted by molar-refractivity contribution is 0.721. The quantitative estimate of drug-likeness (QED) is 0.766. The Morgan fingerprint density at radius 3 is 2.95 bits per heavy atom. The van der Waals surface area contributed by atoms with E-state index in [0.29, 0.717) is 5.82 Å². The molecule has 1 atom stereocenters. The summed E-state index contributed by atoms with van der Waals surface area (Å²) in [6.07, 6.45) is 5.18. The lowest BCUT2D eigenvalue weighted by Crippen LogP contribution is -2.11. The molecule has 0 saturated carbocycles. The molecule has 0 spiro atoms. The van der Waals surface area contributed by atoms with Crippen LogP contribution in [0, 0.1) is 0 Å². The summed E-state index contributed by atoms with van der Waals surface area (Å²) in [6.45, 7) is 2.02. The Morgan fingerprint density at radius 1 is 1.43 bits per heavy atom. The number of pyridine rings is 1. The first-order valence-electron chi connectivity index (χ1n) is 6.42. The van der Waals surface area contributed by atoms with Gasteiger partial charge in [0.25, 0.3) is 0 Å². The van der Waals surface area contributed by atoms with Gasteiger partial charge in [0.05, 0.1) is 11.6 Å². The average Bonchev–Trinajstić information content (AvgIpc) is 3.06. The lowest BCUT2D eigenvalue weighted by Gasteiger charge is -2.14. The van der Waals surface area contributed by atoms with Crippen molar-refractivity contribution in [2.75, 3.05) is 11.1 Å². The first-order valence-corrected chi connectivity index (χ1v) is 7.20. The average molecular weight is 301 g/mol. The first kappa shape index (κ1) is 13.5. The third-order valence-corrected chi connectivity index (χ3v) is 3.94. The van der Waals surface area contributed by atoms with Crippen molar-refractivity contribution in [1.82, 2.24) is 24.1 Å². The monoisotopic (exact) mass is 301 g/mol. The summed E-state index contributed by atoms with van der Waals surface area (Å²) in [5.41, 5.74) is 7.81. The second-order valence-corrected chi connectivity index (χ2v) is 5.45. The van der Waals surface area contributed by atoms with Gasteiger partial charge >= 0.3 is 0 Å². The highest BCUT2D eigenvalue weighted by atomic mass is 32.1. The predicted octanol–water partition coefficient (Wildman–Crippen LogP) is 2.09. The van der Waals surface area contributed by atoms with Crippen LogP contribution in [0.25, 0.3) is 11.1 Å². The molecule has 0 radical (unpaired) electrons. The number of nitrogens with one attached hydrogen (secondary N) is 1. The number of hydrogen-bond donors (Lipinski definition) is 2. The van der Waals surface area contributed by atoms with Crippen molar-refractivity contribution in [3.63, 3.8) is 0 Å². The van der Waals surface area contributed by atoms with Crippen LogP contribution in [0.15, 0.2) is 30.9 Å². The van der Waals surface area contributed by atoms with Crippen molar-refractivity contribution in [2.24, 2.45) is 7.05 Å². The SMILES string of the molecule is CC(Nc1snc(N)c1-c1cccnc1)c1nncn1C. The number of nitrogens with zero attached hydrogens (tertiary/aromatic N) is 5. The normalized spacial score (nSPS) is 12.3. The minimum absolute atomic E-state index is 0.00669. The second kappa shape index (κ2) is 5.49. The van der Waals surface area contributed by atoms with Gasteiger partial charge in [-0.3, -0.25) is 4.98 Å². The molecule has 0 saturated heterocycles. The molecule has 0 amide bonds. The zero-order valence-electron chi connectivity index (χ0n) is 11.7. The maximum Gasteiger partial charge on any atom is 0.154 e. The van der Waals surface area contributed by atoms with Crippen molar-refractivity contribution >= 4 is 22.4 Å². The number of nitrogen functional groups attached to an aromatic ring is 1. The highest BCUT2D eigenvalue weighted by Gasteiger charge is 2.18. The molecule has 21 heavy (non-hydrogen) atoms. The fourth-order valence-electron chi connectivity index (χ4n) is 2.14. The number of hydrogen-bond acceptors (Lipinski definition) is 7. The topological polar surface area (TPSA) is 94.5 Å². The van der Waals surface area contributed by atoms with Gasteiger partial charge in [0.2, 0.25) is 0 Å². The highest BCUT2D eigenvalue weighted by Crippen LogP contribution is 2.37. The summed E-state index contributed by atoms with van der Waals surface area (Å²) in [6, 6.07) is 3.83. The van der Waals surface area contributed by atoms with Crippen LogP contribution in [0.4, 0.5) is 10.8 Å². The van der Waals surface area contributed by atoms with Crippen LogP contribution in [0.5, 0.6) is 0 Å². The molecule has 8 heteroatoms. The lowest BCUT2D eigenvalue weighted by atomic mass is 10.1. The molecule has 3 aromatic heterocycles. The minimum Gasteiger partial charge on any atom is -0.382 e. The van der Waals surface area contributed by atoms with Crippen molar-refractivity contribution in [1.29, 1.82) is 0 Å². The van der Waals surface area contributed by atoms with Gasteiger partial charge in [-0.25, -0.2) is 0 Å². The molecule has 0 fully saturated rings. The first-order chi connectivity index (χ1) is 10.2. The van der Waals surface area contributed by atoms with E-state index in [-0.39, 0.29) is 6.04 Å². The van der Waals surface area contributed by atoms with Crippen LogP contribution in [0.1, 0.15) is 18.8 Å². The van der Waals surface area contributed by atoms with Crippen molar-refractivity contribution < 1.29 is 0 Å². The largest absolute Gasteiger partial charge is 0.382 e. The van der Waals surface area contributed by atoms with Crippen LogP contribution in [0.3, 0.4) is 0 Å². The Bertz CT molecular complexity index is 734. The predicted molar refractivity (Wildman–Crippen MR) is 82.8 cm³/mol. The van der Waals surface area contributed by atoms with Gasteiger partial charge in [0.1, 0.15) is 17.1 Å². The molecule has 0 aromatic carbocycles. The Morgan fingerprint density at radius 2 is 2.29 bits per heavy atom. The van der Waals surface area contributed by atoms with Gasteiger partial charge in [0.15, 0.2) is 5.82 Å². The van der Waals surface area contributed by atoms with Crippen LogP contribution in [-0.2, 0) is 7.05 Å². The summed E-state index contributed by atoms with van der Waals surface area (Å²) in [5.74, 6) is 1.35. The summed E-state index contributed by atoms with van der Waals surface area (Å²) >= 11 is 1.33. The molecule has 1 unspecified atom stereocenters. The van der Waals surface area contributed by atoms with E-state index in [1.807, 2.05) is 30.7 Å². The van der Waals surface area contributed by atoms with Crippen molar-refractivity contribution in [3.8, 4) is 11.1 Å². The molecular formula is C13H15N7S. The molecule has 0 aliphatic carbocycles. The zero-order chi connectivity index (χ0) is 14.8. The zero-order valence-corrected chi connectivity index (χ0v) is 12.5. The molecule has 3 N–H and O–H groups in total. The number of rotatable bonds is 4. The second-order valence-electron chi connectivity index (χ2n) is 4.68. The summed E-state index contributed by atoms with van der Waals surface area (Å²) in [4.78, 5) is 4.13.